The van der Waals surface area contributed by atoms with Crippen LogP contribution in [-0.4, -0.2) is 34.3 Å². The molecule has 2 atom stereocenters. The van der Waals surface area contributed by atoms with Crippen LogP contribution >= 0.6 is 0 Å². The topological polar surface area (TPSA) is 86.8 Å². The molecule has 0 aliphatic carbocycles. The molecule has 20 heavy (non-hydrogen) atoms. The molecule has 1 fully saturated rings. The summed E-state index contributed by atoms with van der Waals surface area (Å²) in [6.45, 7) is 2.28. The van der Waals surface area contributed by atoms with E-state index >= 15 is 0 Å². The van der Waals surface area contributed by atoms with Crippen molar-refractivity contribution in [2.45, 2.75) is 38.3 Å². The Hall–Kier alpha value is -1.66. The summed E-state index contributed by atoms with van der Waals surface area (Å²) < 4.78 is 0. The largest absolute Gasteiger partial charge is 0.394 e. The molecule has 1 saturated heterocycles. The van der Waals surface area contributed by atoms with Crippen molar-refractivity contribution in [2.24, 2.45) is 0 Å². The van der Waals surface area contributed by atoms with Gasteiger partial charge in [-0.05, 0) is 37.8 Å². The van der Waals surface area contributed by atoms with Gasteiger partial charge in [-0.15, -0.1) is 0 Å². The zero-order valence-corrected chi connectivity index (χ0v) is 11.5. The first kappa shape index (κ1) is 14.7. The van der Waals surface area contributed by atoms with E-state index in [9.17, 15) is 20.3 Å². The van der Waals surface area contributed by atoms with Gasteiger partial charge >= 0.3 is 0 Å². The smallest absolute Gasteiger partial charge is 0.292 e. The molecule has 0 amide bonds. The number of aliphatic hydroxyl groups excluding tert-OH is 2. The van der Waals surface area contributed by atoms with Crippen LogP contribution in [0, 0.1) is 10.1 Å². The van der Waals surface area contributed by atoms with Gasteiger partial charge in [0.25, 0.3) is 5.69 Å². The lowest BCUT2D eigenvalue weighted by atomic mass is 10.0. The van der Waals surface area contributed by atoms with Gasteiger partial charge in [0.2, 0.25) is 0 Å². The van der Waals surface area contributed by atoms with Crippen molar-refractivity contribution in [3.63, 3.8) is 0 Å². The van der Waals surface area contributed by atoms with Gasteiger partial charge in [0.1, 0.15) is 5.69 Å². The van der Waals surface area contributed by atoms with Gasteiger partial charge in [0.15, 0.2) is 0 Å². The molecule has 0 radical (unpaired) electrons. The van der Waals surface area contributed by atoms with Crippen LogP contribution in [0.15, 0.2) is 18.2 Å². The van der Waals surface area contributed by atoms with E-state index in [-0.39, 0.29) is 18.3 Å². The Labute approximate surface area is 117 Å². The number of rotatable bonds is 4. The predicted molar refractivity (Wildman–Crippen MR) is 75.8 cm³/mol. The van der Waals surface area contributed by atoms with Gasteiger partial charge in [-0.3, -0.25) is 10.1 Å². The van der Waals surface area contributed by atoms with E-state index in [1.54, 1.807) is 19.1 Å². The molecule has 2 rings (SSSR count). The minimum atomic E-state index is -0.738. The molecule has 1 heterocycles. The fourth-order valence-corrected chi connectivity index (χ4v) is 2.70. The number of piperidine rings is 1. The van der Waals surface area contributed by atoms with Crippen molar-refractivity contribution in [1.82, 2.24) is 0 Å². The van der Waals surface area contributed by atoms with Crippen LogP contribution in [-0.2, 0) is 0 Å². The van der Waals surface area contributed by atoms with E-state index in [1.807, 2.05) is 4.90 Å². The summed E-state index contributed by atoms with van der Waals surface area (Å²) in [5.74, 6) is 0. The van der Waals surface area contributed by atoms with Crippen LogP contribution in [0.3, 0.4) is 0 Å². The van der Waals surface area contributed by atoms with E-state index in [0.717, 1.165) is 19.3 Å². The lowest BCUT2D eigenvalue weighted by molar-refractivity contribution is -0.384. The van der Waals surface area contributed by atoms with Crippen LogP contribution in [0.5, 0.6) is 0 Å². The molecule has 6 heteroatoms. The summed E-state index contributed by atoms with van der Waals surface area (Å²) in [6, 6.07) is 4.73. The first-order valence-electron chi connectivity index (χ1n) is 6.88. The van der Waals surface area contributed by atoms with Crippen molar-refractivity contribution >= 4 is 11.4 Å². The van der Waals surface area contributed by atoms with Gasteiger partial charge in [0.05, 0.1) is 23.7 Å². The maximum Gasteiger partial charge on any atom is 0.292 e. The Morgan fingerprint density at radius 3 is 2.85 bits per heavy atom. The number of nitro benzene ring substituents is 1. The van der Waals surface area contributed by atoms with Gasteiger partial charge < -0.3 is 15.1 Å². The molecular weight excluding hydrogens is 260 g/mol. The SMILES string of the molecule is C[C@H](O)c1ccc(N2CCCCC2CO)c([N+](=O)[O-])c1. The van der Waals surface area contributed by atoms with Crippen LogP contribution in [0.1, 0.15) is 37.9 Å². The molecule has 1 aliphatic heterocycles. The molecule has 1 unspecified atom stereocenters. The van der Waals surface area contributed by atoms with Crippen molar-refractivity contribution in [2.75, 3.05) is 18.1 Å². The minimum absolute atomic E-state index is 0.00465. The standard InChI is InChI=1S/C14H20N2O4/c1-10(18)11-5-6-13(14(8-11)16(19)20)15-7-3-2-4-12(15)9-17/h5-6,8,10,12,17-18H,2-4,7,9H2,1H3/t10-,12?/m0/s1. The van der Waals surface area contributed by atoms with E-state index in [1.165, 1.54) is 6.07 Å². The van der Waals surface area contributed by atoms with E-state index in [2.05, 4.69) is 0 Å². The number of anilines is 1. The summed E-state index contributed by atoms with van der Waals surface area (Å²) in [5.41, 5.74) is 1.04. The number of hydrogen-bond donors (Lipinski definition) is 2. The van der Waals surface area contributed by atoms with Crippen molar-refractivity contribution in [3.8, 4) is 0 Å². The van der Waals surface area contributed by atoms with Crippen molar-refractivity contribution in [1.29, 1.82) is 0 Å². The van der Waals surface area contributed by atoms with Gasteiger partial charge in [-0.1, -0.05) is 6.07 Å². The number of hydrogen-bond acceptors (Lipinski definition) is 5. The molecule has 0 spiro atoms. The van der Waals surface area contributed by atoms with Gasteiger partial charge in [-0.2, -0.15) is 0 Å². The second-order valence-corrected chi connectivity index (χ2v) is 5.21. The summed E-state index contributed by atoms with van der Waals surface area (Å²) in [5, 5.41) is 30.3. The maximum atomic E-state index is 11.3. The van der Waals surface area contributed by atoms with Crippen LogP contribution in [0.2, 0.25) is 0 Å². The average Bonchev–Trinajstić information content (AvgIpc) is 2.46. The molecule has 1 aliphatic rings. The molecule has 1 aromatic carbocycles. The Morgan fingerprint density at radius 2 is 2.25 bits per heavy atom. The lowest BCUT2D eigenvalue weighted by Gasteiger charge is -2.36. The summed E-state index contributed by atoms with van der Waals surface area (Å²) in [7, 11) is 0. The Balaban J connectivity index is 2.41. The molecule has 0 saturated carbocycles. The van der Waals surface area contributed by atoms with Crippen LogP contribution < -0.4 is 4.90 Å². The third-order valence-corrected chi connectivity index (χ3v) is 3.83. The van der Waals surface area contributed by atoms with Gasteiger partial charge in [-0.25, -0.2) is 0 Å². The summed E-state index contributed by atoms with van der Waals surface area (Å²) in [6.07, 6.45) is 2.09. The zero-order chi connectivity index (χ0) is 14.7. The Morgan fingerprint density at radius 1 is 1.50 bits per heavy atom. The maximum absolute atomic E-state index is 11.3. The summed E-state index contributed by atoms with van der Waals surface area (Å²) in [4.78, 5) is 12.8. The fraction of sp³-hybridized carbons (Fsp3) is 0.571. The van der Waals surface area contributed by atoms with Crippen molar-refractivity contribution in [3.05, 3.63) is 33.9 Å². The Kier molecular flexibility index (Phi) is 4.57. The predicted octanol–water partition coefficient (Wildman–Crippen LogP) is 2.00. The van der Waals surface area contributed by atoms with E-state index in [0.29, 0.717) is 17.8 Å². The first-order valence-corrected chi connectivity index (χ1v) is 6.88. The van der Waals surface area contributed by atoms with Crippen molar-refractivity contribution < 1.29 is 15.1 Å². The lowest BCUT2D eigenvalue weighted by Crippen LogP contribution is -2.42. The highest BCUT2D eigenvalue weighted by molar-refractivity contribution is 5.65. The quantitative estimate of drug-likeness (QED) is 0.650. The van der Waals surface area contributed by atoms with Gasteiger partial charge in [0, 0.05) is 12.6 Å². The highest BCUT2D eigenvalue weighted by Crippen LogP contribution is 2.34. The monoisotopic (exact) mass is 280 g/mol. The minimum Gasteiger partial charge on any atom is -0.394 e. The number of nitro groups is 1. The van der Waals surface area contributed by atoms with Crippen LogP contribution in [0.4, 0.5) is 11.4 Å². The molecule has 2 N–H and O–H groups in total. The molecule has 0 bridgehead atoms. The molecule has 1 aromatic rings. The molecular formula is C14H20N2O4. The van der Waals surface area contributed by atoms with Crippen LogP contribution in [0.25, 0.3) is 0 Å². The third kappa shape index (κ3) is 2.91. The number of aliphatic hydroxyl groups is 2. The first-order chi connectivity index (χ1) is 9.54. The molecule has 6 nitrogen and oxygen atoms in total. The normalized spacial score (nSPS) is 20.8. The number of nitrogens with zero attached hydrogens (tertiary/aromatic N) is 2. The third-order valence-electron chi connectivity index (χ3n) is 3.83. The highest BCUT2D eigenvalue weighted by Gasteiger charge is 2.28. The van der Waals surface area contributed by atoms with E-state index in [4.69, 9.17) is 0 Å². The highest BCUT2D eigenvalue weighted by atomic mass is 16.6. The molecule has 0 aromatic heterocycles. The molecule has 110 valence electrons. The second kappa shape index (κ2) is 6.19. The average molecular weight is 280 g/mol. The van der Waals surface area contributed by atoms with E-state index < -0.39 is 11.0 Å². The summed E-state index contributed by atoms with van der Waals surface area (Å²) >= 11 is 0. The number of benzene rings is 1. The second-order valence-electron chi connectivity index (χ2n) is 5.21. The Bertz CT molecular complexity index is 490. The zero-order valence-electron chi connectivity index (χ0n) is 11.5. The fourth-order valence-electron chi connectivity index (χ4n) is 2.70.